The Kier molecular flexibility index (Phi) is 7.60. The van der Waals surface area contributed by atoms with Crippen LogP contribution in [-0.4, -0.2) is 26.2 Å². The highest BCUT2D eigenvalue weighted by Gasteiger charge is 2.17. The summed E-state index contributed by atoms with van der Waals surface area (Å²) in [6.45, 7) is 9.12. The summed E-state index contributed by atoms with van der Waals surface area (Å²) in [6, 6.07) is 29.8. The molecule has 0 aliphatic heterocycles. The fourth-order valence-electron chi connectivity index (χ4n) is 4.83. The molecule has 0 aliphatic carbocycles. The van der Waals surface area contributed by atoms with Gasteiger partial charge in [0.1, 0.15) is 19.0 Å². The zero-order valence-corrected chi connectivity index (χ0v) is 23.6. The van der Waals surface area contributed by atoms with Crippen LogP contribution in [0.3, 0.4) is 0 Å². The van der Waals surface area contributed by atoms with Crippen molar-refractivity contribution in [3.05, 3.63) is 119 Å². The van der Waals surface area contributed by atoms with Gasteiger partial charge in [-0.3, -0.25) is 4.18 Å². The molecule has 5 nitrogen and oxygen atoms in total. The standard InChI is InChI=1S/C33H33NO4S/c1-23-5-12-28(13-6-23)33-26(4)31-21-25(3)9-18-32(31)34(33)22-27-10-14-29(15-11-27)37-19-20-38-39(35,36)30-16-7-24(2)8-17-30/h5-18,21H,19-20,22H2,1-4H3. The summed E-state index contributed by atoms with van der Waals surface area (Å²) >= 11 is 0. The molecule has 6 heteroatoms. The van der Waals surface area contributed by atoms with Crippen LogP contribution in [-0.2, 0) is 20.8 Å². The first-order valence-electron chi connectivity index (χ1n) is 13.1. The van der Waals surface area contributed by atoms with Crippen molar-refractivity contribution in [2.24, 2.45) is 0 Å². The van der Waals surface area contributed by atoms with Crippen molar-refractivity contribution in [3.63, 3.8) is 0 Å². The first kappa shape index (κ1) is 26.7. The molecule has 0 radical (unpaired) electrons. The van der Waals surface area contributed by atoms with Crippen molar-refractivity contribution < 1.29 is 17.3 Å². The molecule has 39 heavy (non-hydrogen) atoms. The zero-order chi connectivity index (χ0) is 27.6. The molecule has 1 aromatic heterocycles. The van der Waals surface area contributed by atoms with E-state index in [2.05, 4.69) is 67.8 Å². The Labute approximate surface area is 230 Å². The molecule has 0 amide bonds. The van der Waals surface area contributed by atoms with E-state index in [1.54, 1.807) is 24.3 Å². The van der Waals surface area contributed by atoms with Crippen molar-refractivity contribution in [1.29, 1.82) is 0 Å². The fourth-order valence-corrected chi connectivity index (χ4v) is 5.73. The Balaban J connectivity index is 1.29. The van der Waals surface area contributed by atoms with Crippen molar-refractivity contribution in [2.45, 2.75) is 39.1 Å². The first-order chi connectivity index (χ1) is 18.7. The minimum absolute atomic E-state index is 0.0636. The Morgan fingerprint density at radius 2 is 1.31 bits per heavy atom. The van der Waals surface area contributed by atoms with Gasteiger partial charge < -0.3 is 9.30 Å². The van der Waals surface area contributed by atoms with Crippen LogP contribution in [0.1, 0.15) is 27.8 Å². The Bertz CT molecular complexity index is 1700. The molecule has 200 valence electrons. The Hall–Kier alpha value is -3.87. The molecule has 0 atom stereocenters. The number of nitrogens with zero attached hydrogens (tertiary/aromatic N) is 1. The highest BCUT2D eigenvalue weighted by molar-refractivity contribution is 7.86. The predicted octanol–water partition coefficient (Wildman–Crippen LogP) is 7.37. The molecule has 5 rings (SSSR count). The average Bonchev–Trinajstić information content (AvgIpc) is 3.18. The lowest BCUT2D eigenvalue weighted by molar-refractivity contribution is 0.221. The van der Waals surface area contributed by atoms with Gasteiger partial charge >= 0.3 is 0 Å². The Morgan fingerprint density at radius 3 is 1.97 bits per heavy atom. The number of ether oxygens (including phenoxy) is 1. The minimum Gasteiger partial charge on any atom is -0.491 e. The molecule has 5 aromatic rings. The lowest BCUT2D eigenvalue weighted by atomic mass is 10.0. The smallest absolute Gasteiger partial charge is 0.297 e. The molecule has 0 bridgehead atoms. The van der Waals surface area contributed by atoms with Gasteiger partial charge in [-0.2, -0.15) is 8.42 Å². The third-order valence-corrected chi connectivity index (χ3v) is 8.29. The normalized spacial score (nSPS) is 11.7. The van der Waals surface area contributed by atoms with Crippen LogP contribution in [0.4, 0.5) is 0 Å². The van der Waals surface area contributed by atoms with Crippen LogP contribution in [0.5, 0.6) is 5.75 Å². The highest BCUT2D eigenvalue weighted by Crippen LogP contribution is 2.35. The third kappa shape index (κ3) is 5.92. The van der Waals surface area contributed by atoms with Gasteiger partial charge in [-0.15, -0.1) is 0 Å². The van der Waals surface area contributed by atoms with E-state index in [1.807, 2.05) is 31.2 Å². The summed E-state index contributed by atoms with van der Waals surface area (Å²) in [5, 5.41) is 1.27. The van der Waals surface area contributed by atoms with E-state index >= 15 is 0 Å². The maximum Gasteiger partial charge on any atom is 0.297 e. The van der Waals surface area contributed by atoms with Gasteiger partial charge in [0.05, 0.1) is 10.6 Å². The molecule has 0 saturated heterocycles. The van der Waals surface area contributed by atoms with Crippen LogP contribution >= 0.6 is 0 Å². The average molecular weight is 540 g/mol. The van der Waals surface area contributed by atoms with Gasteiger partial charge in [-0.05, 0) is 80.8 Å². The van der Waals surface area contributed by atoms with Crippen LogP contribution in [0.25, 0.3) is 22.2 Å². The number of hydrogen-bond donors (Lipinski definition) is 0. The highest BCUT2D eigenvalue weighted by atomic mass is 32.2. The van der Waals surface area contributed by atoms with Crippen molar-refractivity contribution in [1.82, 2.24) is 4.57 Å². The zero-order valence-electron chi connectivity index (χ0n) is 22.8. The first-order valence-corrected chi connectivity index (χ1v) is 14.5. The van der Waals surface area contributed by atoms with Crippen LogP contribution < -0.4 is 4.74 Å². The van der Waals surface area contributed by atoms with E-state index in [0.717, 1.165) is 17.7 Å². The summed E-state index contributed by atoms with van der Waals surface area (Å²) in [5.41, 5.74) is 9.53. The van der Waals surface area contributed by atoms with Crippen molar-refractivity contribution in [3.8, 4) is 17.0 Å². The van der Waals surface area contributed by atoms with Gasteiger partial charge in [-0.1, -0.05) is 71.3 Å². The molecular weight excluding hydrogens is 506 g/mol. The molecule has 0 spiro atoms. The van der Waals surface area contributed by atoms with E-state index in [4.69, 9.17) is 8.92 Å². The van der Waals surface area contributed by atoms with Gasteiger partial charge in [0.15, 0.2) is 0 Å². The second-order valence-corrected chi connectivity index (χ2v) is 11.6. The van der Waals surface area contributed by atoms with E-state index in [9.17, 15) is 8.42 Å². The fraction of sp³-hybridized carbons (Fsp3) is 0.212. The number of aromatic nitrogens is 1. The minimum atomic E-state index is -3.80. The van der Waals surface area contributed by atoms with E-state index in [-0.39, 0.29) is 18.1 Å². The molecule has 0 fully saturated rings. The second kappa shape index (κ2) is 11.1. The van der Waals surface area contributed by atoms with Crippen LogP contribution in [0.15, 0.2) is 95.9 Å². The summed E-state index contributed by atoms with van der Waals surface area (Å²) < 4.78 is 38.0. The number of benzene rings is 4. The molecule has 4 aromatic carbocycles. The topological polar surface area (TPSA) is 57.5 Å². The van der Waals surface area contributed by atoms with Gasteiger partial charge in [0, 0.05) is 17.4 Å². The van der Waals surface area contributed by atoms with Crippen molar-refractivity contribution in [2.75, 3.05) is 13.2 Å². The number of hydrogen-bond acceptors (Lipinski definition) is 4. The number of rotatable bonds is 9. The van der Waals surface area contributed by atoms with Crippen molar-refractivity contribution >= 4 is 21.0 Å². The molecule has 0 N–H and O–H groups in total. The maximum absolute atomic E-state index is 12.4. The summed E-state index contributed by atoms with van der Waals surface area (Å²) in [7, 11) is -3.80. The summed E-state index contributed by atoms with van der Waals surface area (Å²) in [4.78, 5) is 0.144. The summed E-state index contributed by atoms with van der Waals surface area (Å²) in [5.74, 6) is 0.665. The largest absolute Gasteiger partial charge is 0.491 e. The molecular formula is C33H33NO4S. The van der Waals surface area contributed by atoms with Gasteiger partial charge in [0.2, 0.25) is 0 Å². The van der Waals surface area contributed by atoms with E-state index < -0.39 is 10.1 Å². The van der Waals surface area contributed by atoms with Gasteiger partial charge in [-0.25, -0.2) is 0 Å². The lowest BCUT2D eigenvalue weighted by Gasteiger charge is -2.13. The summed E-state index contributed by atoms with van der Waals surface area (Å²) in [6.07, 6.45) is 0. The van der Waals surface area contributed by atoms with E-state index in [1.165, 1.54) is 38.9 Å². The third-order valence-electron chi connectivity index (χ3n) is 6.96. The van der Waals surface area contributed by atoms with Gasteiger partial charge in [0.25, 0.3) is 10.1 Å². The quantitative estimate of drug-likeness (QED) is 0.145. The molecule has 1 heterocycles. The van der Waals surface area contributed by atoms with E-state index in [0.29, 0.717) is 5.75 Å². The SMILES string of the molecule is Cc1ccc(-c2c(C)c3cc(C)ccc3n2Cc2ccc(OCCOS(=O)(=O)c3ccc(C)cc3)cc2)cc1. The lowest BCUT2D eigenvalue weighted by Crippen LogP contribution is -2.13. The number of aryl methyl sites for hydroxylation is 4. The molecule has 0 aliphatic rings. The van der Waals surface area contributed by atoms with Crippen LogP contribution in [0, 0.1) is 27.7 Å². The number of fused-ring (bicyclic) bond motifs is 1. The second-order valence-electron chi connectivity index (χ2n) is 10.0. The maximum atomic E-state index is 12.4. The molecule has 0 unspecified atom stereocenters. The Morgan fingerprint density at radius 1 is 0.692 bits per heavy atom. The molecule has 0 saturated carbocycles. The van der Waals surface area contributed by atoms with Crippen LogP contribution in [0.2, 0.25) is 0 Å². The monoisotopic (exact) mass is 539 g/mol. The predicted molar refractivity (Wildman–Crippen MR) is 157 cm³/mol.